The third-order valence-corrected chi connectivity index (χ3v) is 2.49. The number of rotatable bonds is 4. The summed E-state index contributed by atoms with van der Waals surface area (Å²) in [6, 6.07) is -0.111. The summed E-state index contributed by atoms with van der Waals surface area (Å²) in [6.07, 6.45) is 5.20. The average Bonchev–Trinajstić information content (AvgIpc) is 2.66. The first-order valence-corrected chi connectivity index (χ1v) is 5.26. The highest BCUT2D eigenvalue weighted by atomic mass is 16.5. The van der Waals surface area contributed by atoms with Crippen molar-refractivity contribution >= 4 is 5.91 Å². The van der Waals surface area contributed by atoms with Gasteiger partial charge in [0.25, 0.3) is 0 Å². The van der Waals surface area contributed by atoms with Crippen LogP contribution < -0.4 is 10.6 Å². The second kappa shape index (κ2) is 5.74. The number of carbonyl (C=O) groups is 1. The number of nitrogens with one attached hydrogen (secondary N) is 2. The Morgan fingerprint density at radius 2 is 2.40 bits per heavy atom. The van der Waals surface area contributed by atoms with Gasteiger partial charge >= 0.3 is 0 Å². The lowest BCUT2D eigenvalue weighted by Crippen LogP contribution is -2.45. The summed E-state index contributed by atoms with van der Waals surface area (Å²) in [4.78, 5) is 11.8. The zero-order chi connectivity index (χ0) is 11.3. The van der Waals surface area contributed by atoms with Gasteiger partial charge in [-0.3, -0.25) is 4.79 Å². The normalized spacial score (nSPS) is 27.0. The minimum atomic E-state index is -0.222. The molecule has 0 aromatic carbocycles. The standard InChI is InChI=1S/C11H18N2O2/c1-4-8(3)13-11(14)9-6-15-7-10(9)12-5-2/h1,8-10,12H,5-7H2,2-3H3,(H,13,14). The number of carbonyl (C=O) groups excluding carboxylic acids is 1. The lowest BCUT2D eigenvalue weighted by molar-refractivity contribution is -0.125. The highest BCUT2D eigenvalue weighted by Crippen LogP contribution is 2.13. The van der Waals surface area contributed by atoms with Crippen LogP contribution in [0.1, 0.15) is 13.8 Å². The van der Waals surface area contributed by atoms with Crippen molar-refractivity contribution in [2.75, 3.05) is 19.8 Å². The van der Waals surface area contributed by atoms with Gasteiger partial charge in [0.2, 0.25) is 5.91 Å². The molecule has 0 aromatic rings. The van der Waals surface area contributed by atoms with Gasteiger partial charge in [-0.05, 0) is 13.5 Å². The van der Waals surface area contributed by atoms with Crippen LogP contribution in [0.2, 0.25) is 0 Å². The Kier molecular flexibility index (Phi) is 4.60. The molecule has 0 aliphatic carbocycles. The molecule has 3 atom stereocenters. The predicted molar refractivity (Wildman–Crippen MR) is 58.2 cm³/mol. The van der Waals surface area contributed by atoms with Crippen LogP contribution in [0.5, 0.6) is 0 Å². The first-order chi connectivity index (χ1) is 7.19. The Morgan fingerprint density at radius 3 is 3.00 bits per heavy atom. The lowest BCUT2D eigenvalue weighted by atomic mass is 10.0. The molecule has 1 aliphatic heterocycles. The average molecular weight is 210 g/mol. The summed E-state index contributed by atoms with van der Waals surface area (Å²) < 4.78 is 5.28. The minimum Gasteiger partial charge on any atom is -0.379 e. The van der Waals surface area contributed by atoms with E-state index >= 15 is 0 Å². The summed E-state index contributed by atoms with van der Waals surface area (Å²) in [5.41, 5.74) is 0. The molecule has 3 unspecified atom stereocenters. The van der Waals surface area contributed by atoms with Gasteiger partial charge in [-0.25, -0.2) is 0 Å². The molecule has 15 heavy (non-hydrogen) atoms. The fourth-order valence-electron chi connectivity index (χ4n) is 1.64. The first-order valence-electron chi connectivity index (χ1n) is 5.26. The summed E-state index contributed by atoms with van der Waals surface area (Å²) in [6.45, 7) is 5.70. The highest BCUT2D eigenvalue weighted by molar-refractivity contribution is 5.80. The van der Waals surface area contributed by atoms with E-state index in [2.05, 4.69) is 16.6 Å². The maximum atomic E-state index is 11.8. The number of likely N-dealkylation sites (N-methyl/N-ethyl adjacent to an activating group) is 1. The van der Waals surface area contributed by atoms with Crippen LogP contribution in [0, 0.1) is 18.3 Å². The van der Waals surface area contributed by atoms with E-state index in [4.69, 9.17) is 11.2 Å². The van der Waals surface area contributed by atoms with Gasteiger partial charge in [-0.2, -0.15) is 0 Å². The zero-order valence-corrected chi connectivity index (χ0v) is 9.25. The molecule has 0 bridgehead atoms. The smallest absolute Gasteiger partial charge is 0.228 e. The molecule has 1 saturated heterocycles. The summed E-state index contributed by atoms with van der Waals surface area (Å²) in [5.74, 6) is 2.32. The Balaban J connectivity index is 2.48. The van der Waals surface area contributed by atoms with Crippen LogP contribution in [-0.4, -0.2) is 37.7 Å². The van der Waals surface area contributed by atoms with Crippen molar-refractivity contribution in [1.29, 1.82) is 0 Å². The predicted octanol–water partition coefficient (Wildman–Crippen LogP) is -0.251. The molecule has 2 N–H and O–H groups in total. The molecule has 1 rings (SSSR count). The van der Waals surface area contributed by atoms with Crippen molar-refractivity contribution in [3.63, 3.8) is 0 Å². The quantitative estimate of drug-likeness (QED) is 0.629. The van der Waals surface area contributed by atoms with Crippen LogP contribution in [0.4, 0.5) is 0 Å². The van der Waals surface area contributed by atoms with Crippen LogP contribution >= 0.6 is 0 Å². The fraction of sp³-hybridized carbons (Fsp3) is 0.727. The monoisotopic (exact) mass is 210 g/mol. The Morgan fingerprint density at radius 1 is 1.67 bits per heavy atom. The molecule has 1 fully saturated rings. The van der Waals surface area contributed by atoms with Crippen LogP contribution in [0.15, 0.2) is 0 Å². The highest BCUT2D eigenvalue weighted by Gasteiger charge is 2.33. The van der Waals surface area contributed by atoms with Crippen molar-refractivity contribution < 1.29 is 9.53 Å². The number of hydrogen-bond donors (Lipinski definition) is 2. The van der Waals surface area contributed by atoms with E-state index in [1.165, 1.54) is 0 Å². The van der Waals surface area contributed by atoms with Gasteiger partial charge in [0, 0.05) is 6.04 Å². The molecule has 84 valence electrons. The van der Waals surface area contributed by atoms with Crippen LogP contribution in [0.25, 0.3) is 0 Å². The number of amides is 1. The van der Waals surface area contributed by atoms with Crippen LogP contribution in [0.3, 0.4) is 0 Å². The zero-order valence-electron chi connectivity index (χ0n) is 9.25. The van der Waals surface area contributed by atoms with Crippen molar-refractivity contribution in [2.24, 2.45) is 5.92 Å². The van der Waals surface area contributed by atoms with Gasteiger partial charge in [0.1, 0.15) is 0 Å². The number of terminal acetylenes is 1. The van der Waals surface area contributed by atoms with E-state index in [0.717, 1.165) is 6.54 Å². The molecular weight excluding hydrogens is 192 g/mol. The molecule has 0 saturated carbocycles. The SMILES string of the molecule is C#CC(C)NC(=O)C1COCC1NCC. The third kappa shape index (κ3) is 3.22. The Hall–Kier alpha value is -1.05. The van der Waals surface area contributed by atoms with Crippen molar-refractivity contribution in [3.05, 3.63) is 0 Å². The maximum Gasteiger partial charge on any atom is 0.228 e. The van der Waals surface area contributed by atoms with E-state index < -0.39 is 0 Å². The molecule has 1 amide bonds. The van der Waals surface area contributed by atoms with Gasteiger partial charge in [0.05, 0.1) is 25.2 Å². The van der Waals surface area contributed by atoms with Crippen molar-refractivity contribution in [3.8, 4) is 12.3 Å². The van der Waals surface area contributed by atoms with Gasteiger partial charge in [0.15, 0.2) is 0 Å². The van der Waals surface area contributed by atoms with Gasteiger partial charge in [-0.15, -0.1) is 6.42 Å². The Labute approximate surface area is 90.8 Å². The third-order valence-electron chi connectivity index (χ3n) is 2.49. The van der Waals surface area contributed by atoms with Gasteiger partial charge < -0.3 is 15.4 Å². The maximum absolute atomic E-state index is 11.8. The van der Waals surface area contributed by atoms with E-state index in [1.54, 1.807) is 6.92 Å². The van der Waals surface area contributed by atoms with E-state index in [0.29, 0.717) is 13.2 Å². The van der Waals surface area contributed by atoms with E-state index in [1.807, 2.05) is 6.92 Å². The molecule has 1 heterocycles. The minimum absolute atomic E-state index is 0.0242. The number of hydrogen-bond acceptors (Lipinski definition) is 3. The van der Waals surface area contributed by atoms with E-state index in [9.17, 15) is 4.79 Å². The molecule has 0 aromatic heterocycles. The molecule has 0 spiro atoms. The summed E-state index contributed by atoms with van der Waals surface area (Å²) >= 11 is 0. The Bertz CT molecular complexity index is 260. The topological polar surface area (TPSA) is 50.4 Å². The molecule has 4 heteroatoms. The molecular formula is C11H18N2O2. The fourth-order valence-corrected chi connectivity index (χ4v) is 1.64. The largest absolute Gasteiger partial charge is 0.379 e. The molecule has 4 nitrogen and oxygen atoms in total. The van der Waals surface area contributed by atoms with Crippen molar-refractivity contribution in [2.45, 2.75) is 25.9 Å². The second-order valence-electron chi connectivity index (χ2n) is 3.71. The summed E-state index contributed by atoms with van der Waals surface area (Å²) in [5, 5.41) is 5.99. The van der Waals surface area contributed by atoms with Crippen molar-refractivity contribution in [1.82, 2.24) is 10.6 Å². The second-order valence-corrected chi connectivity index (χ2v) is 3.71. The number of ether oxygens (including phenoxy) is 1. The summed E-state index contributed by atoms with van der Waals surface area (Å²) in [7, 11) is 0. The van der Waals surface area contributed by atoms with E-state index in [-0.39, 0.29) is 23.9 Å². The van der Waals surface area contributed by atoms with Gasteiger partial charge in [-0.1, -0.05) is 12.8 Å². The first kappa shape index (κ1) is 12.0. The molecule has 0 radical (unpaired) electrons. The molecule has 1 aliphatic rings. The van der Waals surface area contributed by atoms with Crippen LogP contribution in [-0.2, 0) is 9.53 Å². The lowest BCUT2D eigenvalue weighted by Gasteiger charge is -2.18.